The smallest absolute Gasteiger partial charge is 0.336 e. The summed E-state index contributed by atoms with van der Waals surface area (Å²) < 4.78 is 8.74. The van der Waals surface area contributed by atoms with Crippen LogP contribution in [-0.2, 0) is 4.74 Å². The van der Waals surface area contributed by atoms with Crippen molar-refractivity contribution >= 4 is 17.4 Å². The summed E-state index contributed by atoms with van der Waals surface area (Å²) in [7, 11) is 0. The van der Waals surface area contributed by atoms with Gasteiger partial charge in [0.15, 0.2) is 0 Å². The van der Waals surface area contributed by atoms with E-state index in [1.807, 2.05) is 30.3 Å². The highest BCUT2D eigenvalue weighted by Gasteiger charge is 2.27. The van der Waals surface area contributed by atoms with Crippen molar-refractivity contribution in [3.8, 4) is 11.3 Å². The quantitative estimate of drug-likeness (QED) is 0.793. The summed E-state index contributed by atoms with van der Waals surface area (Å²) in [5.41, 5.74) is 1.87. The van der Waals surface area contributed by atoms with Crippen molar-refractivity contribution in [2.24, 2.45) is 0 Å². The summed E-state index contributed by atoms with van der Waals surface area (Å²) in [5.74, 6) is 0.636. The van der Waals surface area contributed by atoms with Gasteiger partial charge in [-0.2, -0.15) is 0 Å². The summed E-state index contributed by atoms with van der Waals surface area (Å²) in [6.07, 6.45) is 3.08. The third kappa shape index (κ3) is 2.56. The molecule has 1 saturated heterocycles. The average Bonchev–Trinajstić information content (AvgIpc) is 3.23. The molecular weight excluding hydrogens is 314 g/mol. The van der Waals surface area contributed by atoms with Crippen molar-refractivity contribution in [1.82, 2.24) is 14.0 Å². The van der Waals surface area contributed by atoms with Crippen molar-refractivity contribution in [1.29, 1.82) is 0 Å². The van der Waals surface area contributed by atoms with Crippen molar-refractivity contribution in [2.45, 2.75) is 11.7 Å². The monoisotopic (exact) mass is 329 g/mol. The predicted molar refractivity (Wildman–Crippen MR) is 88.3 cm³/mol. The number of rotatable bonds is 3. The van der Waals surface area contributed by atoms with Gasteiger partial charge in [-0.15, -0.1) is 11.8 Å². The van der Waals surface area contributed by atoms with Crippen molar-refractivity contribution in [2.75, 3.05) is 12.4 Å². The summed E-state index contributed by atoms with van der Waals surface area (Å²) in [5, 5.41) is 9.15. The number of nitrogens with zero attached hydrogens (tertiary/aromatic N) is 3. The van der Waals surface area contributed by atoms with E-state index in [-0.39, 0.29) is 24.0 Å². The molecule has 1 fully saturated rings. The maximum Gasteiger partial charge on any atom is 0.336 e. The van der Waals surface area contributed by atoms with Crippen LogP contribution in [0, 0.1) is 0 Å². The molecule has 1 aliphatic heterocycles. The molecule has 0 saturated carbocycles. The van der Waals surface area contributed by atoms with E-state index in [2.05, 4.69) is 4.98 Å². The number of thioether (sulfide) groups is 1. The molecule has 1 aromatic carbocycles. The molecule has 0 aliphatic carbocycles. The van der Waals surface area contributed by atoms with Gasteiger partial charge in [0.25, 0.3) is 0 Å². The summed E-state index contributed by atoms with van der Waals surface area (Å²) >= 11 is 1.50. The van der Waals surface area contributed by atoms with Gasteiger partial charge in [0.1, 0.15) is 17.3 Å². The minimum Gasteiger partial charge on any atom is -0.393 e. The molecule has 4 rings (SSSR count). The van der Waals surface area contributed by atoms with E-state index in [1.165, 1.54) is 16.2 Å². The standard InChI is InChI=1S/C16H15N3O3S/c20-9-15-22-14(10-23-15)18-7-6-13-17-12(8-19(13)16(18)21)11-4-2-1-3-5-11/h1-8,14-15,20H,9-10H2/t14-,15+/m0/s1. The minimum absolute atomic E-state index is 0.0542. The topological polar surface area (TPSA) is 68.8 Å². The molecule has 1 aliphatic rings. The van der Waals surface area contributed by atoms with Gasteiger partial charge in [0.2, 0.25) is 0 Å². The van der Waals surface area contributed by atoms with E-state index in [4.69, 9.17) is 9.84 Å². The fourth-order valence-electron chi connectivity index (χ4n) is 2.65. The molecule has 7 heteroatoms. The Morgan fingerprint density at radius 3 is 2.87 bits per heavy atom. The number of aliphatic hydroxyl groups excluding tert-OH is 1. The average molecular weight is 329 g/mol. The Morgan fingerprint density at radius 2 is 2.13 bits per heavy atom. The second-order valence-electron chi connectivity index (χ2n) is 5.26. The number of imidazole rings is 1. The molecule has 0 unspecified atom stereocenters. The van der Waals surface area contributed by atoms with Crippen molar-refractivity contribution in [3.63, 3.8) is 0 Å². The Kier molecular flexibility index (Phi) is 3.68. The summed E-state index contributed by atoms with van der Waals surface area (Å²) in [4.78, 5) is 17.2. The number of fused-ring (bicyclic) bond motifs is 1. The fourth-order valence-corrected chi connectivity index (χ4v) is 3.58. The van der Waals surface area contributed by atoms with Gasteiger partial charge in [-0.05, 0) is 6.07 Å². The first-order chi connectivity index (χ1) is 11.3. The molecule has 6 nitrogen and oxygen atoms in total. The zero-order chi connectivity index (χ0) is 15.8. The van der Waals surface area contributed by atoms with Gasteiger partial charge >= 0.3 is 5.69 Å². The van der Waals surface area contributed by atoms with Crippen LogP contribution < -0.4 is 5.69 Å². The molecule has 118 valence electrons. The highest BCUT2D eigenvalue weighted by Crippen LogP contribution is 2.30. The Bertz CT molecular complexity index is 890. The first-order valence-electron chi connectivity index (χ1n) is 7.30. The lowest BCUT2D eigenvalue weighted by Crippen LogP contribution is -2.30. The summed E-state index contributed by atoms with van der Waals surface area (Å²) in [6, 6.07) is 11.5. The Morgan fingerprint density at radius 1 is 1.30 bits per heavy atom. The van der Waals surface area contributed by atoms with Crippen LogP contribution in [0.1, 0.15) is 6.23 Å². The number of aliphatic hydroxyl groups is 1. The Labute approximate surface area is 136 Å². The van der Waals surface area contributed by atoms with Crippen LogP contribution >= 0.6 is 11.8 Å². The second kappa shape index (κ2) is 5.84. The van der Waals surface area contributed by atoms with E-state index in [1.54, 1.807) is 23.0 Å². The molecule has 0 radical (unpaired) electrons. The molecule has 3 heterocycles. The molecular formula is C16H15N3O3S. The normalized spacial score (nSPS) is 21.1. The van der Waals surface area contributed by atoms with Gasteiger partial charge in [-0.1, -0.05) is 30.3 Å². The van der Waals surface area contributed by atoms with E-state index < -0.39 is 0 Å². The first kappa shape index (κ1) is 14.5. The number of benzene rings is 1. The minimum atomic E-state index is -0.364. The third-order valence-corrected chi connectivity index (χ3v) is 4.92. The van der Waals surface area contributed by atoms with Gasteiger partial charge in [-0.25, -0.2) is 9.78 Å². The van der Waals surface area contributed by atoms with E-state index in [0.717, 1.165) is 11.3 Å². The van der Waals surface area contributed by atoms with Crippen LogP contribution in [-0.4, -0.2) is 36.9 Å². The number of aromatic nitrogens is 3. The molecule has 0 bridgehead atoms. The van der Waals surface area contributed by atoms with Crippen molar-refractivity contribution < 1.29 is 9.84 Å². The molecule has 0 amide bonds. The molecule has 23 heavy (non-hydrogen) atoms. The van der Waals surface area contributed by atoms with E-state index in [0.29, 0.717) is 11.4 Å². The molecule has 0 spiro atoms. The summed E-state index contributed by atoms with van der Waals surface area (Å²) in [6.45, 7) is -0.0542. The van der Waals surface area contributed by atoms with Gasteiger partial charge in [0, 0.05) is 23.7 Å². The molecule has 2 atom stereocenters. The number of hydrogen-bond donors (Lipinski definition) is 1. The lowest BCUT2D eigenvalue weighted by atomic mass is 10.2. The Hall–Kier alpha value is -2.09. The number of ether oxygens (including phenoxy) is 1. The lowest BCUT2D eigenvalue weighted by Gasteiger charge is -2.13. The van der Waals surface area contributed by atoms with Crippen LogP contribution in [0.3, 0.4) is 0 Å². The zero-order valence-corrected chi connectivity index (χ0v) is 13.0. The molecule has 2 aromatic heterocycles. The van der Waals surface area contributed by atoms with E-state index >= 15 is 0 Å². The van der Waals surface area contributed by atoms with Gasteiger partial charge in [0.05, 0.1) is 12.3 Å². The van der Waals surface area contributed by atoms with Crippen LogP contribution in [0.25, 0.3) is 16.9 Å². The van der Waals surface area contributed by atoms with E-state index in [9.17, 15) is 4.79 Å². The molecule has 3 aromatic rings. The largest absolute Gasteiger partial charge is 0.393 e. The van der Waals surface area contributed by atoms with Gasteiger partial charge in [-0.3, -0.25) is 8.97 Å². The third-order valence-electron chi connectivity index (χ3n) is 3.81. The van der Waals surface area contributed by atoms with Crippen LogP contribution in [0.5, 0.6) is 0 Å². The van der Waals surface area contributed by atoms with Crippen LogP contribution in [0.2, 0.25) is 0 Å². The highest BCUT2D eigenvalue weighted by atomic mass is 32.2. The first-order valence-corrected chi connectivity index (χ1v) is 8.35. The maximum absolute atomic E-state index is 12.7. The van der Waals surface area contributed by atoms with Gasteiger partial charge < -0.3 is 9.84 Å². The molecule has 1 N–H and O–H groups in total. The Balaban J connectivity index is 1.76. The lowest BCUT2D eigenvalue weighted by molar-refractivity contribution is -0.00647. The van der Waals surface area contributed by atoms with Crippen LogP contribution in [0.15, 0.2) is 53.6 Å². The fraction of sp³-hybridized carbons (Fsp3) is 0.250. The SMILES string of the molecule is O=c1n([C@@H]2CS[C@H](CO)O2)ccc2nc(-c3ccccc3)cn12. The van der Waals surface area contributed by atoms with Crippen molar-refractivity contribution in [3.05, 3.63) is 59.3 Å². The second-order valence-corrected chi connectivity index (χ2v) is 6.45. The predicted octanol–water partition coefficient (Wildman–Crippen LogP) is 1.74. The highest BCUT2D eigenvalue weighted by molar-refractivity contribution is 8.00. The maximum atomic E-state index is 12.7. The number of hydrogen-bond acceptors (Lipinski definition) is 5. The zero-order valence-electron chi connectivity index (χ0n) is 12.2. The van der Waals surface area contributed by atoms with Crippen LogP contribution in [0.4, 0.5) is 0 Å².